The number of esters is 1. The van der Waals surface area contributed by atoms with Gasteiger partial charge in [0.25, 0.3) is 0 Å². The van der Waals surface area contributed by atoms with Crippen molar-refractivity contribution in [2.24, 2.45) is 0 Å². The number of carbonyl (C=O) groups excluding carboxylic acids is 1. The molecule has 18 heavy (non-hydrogen) atoms. The van der Waals surface area contributed by atoms with Crippen LogP contribution in [0.25, 0.3) is 0 Å². The predicted molar refractivity (Wildman–Crippen MR) is 76.4 cm³/mol. The van der Waals surface area contributed by atoms with Gasteiger partial charge in [-0.3, -0.25) is 0 Å². The Bertz CT molecular complexity index is 583. The van der Waals surface area contributed by atoms with Crippen LogP contribution in [-0.4, -0.2) is 5.97 Å². The molecule has 1 aromatic carbocycles. The van der Waals surface area contributed by atoms with Gasteiger partial charge in [-0.25, -0.2) is 4.79 Å². The Morgan fingerprint density at radius 2 is 2.11 bits per heavy atom. The van der Waals surface area contributed by atoms with Crippen LogP contribution in [0.15, 0.2) is 34.1 Å². The molecule has 2 rings (SSSR count). The summed E-state index contributed by atoms with van der Waals surface area (Å²) in [4.78, 5) is 12.8. The zero-order valence-electron chi connectivity index (χ0n) is 9.35. The quantitative estimate of drug-likeness (QED) is 0.671. The molecule has 4 N–H and O–H groups in total. The van der Waals surface area contributed by atoms with Crippen molar-refractivity contribution in [2.75, 3.05) is 11.5 Å². The van der Waals surface area contributed by atoms with E-state index in [1.165, 1.54) is 11.3 Å². The van der Waals surface area contributed by atoms with Crippen LogP contribution in [0.2, 0.25) is 0 Å². The number of nitrogen functional groups attached to an aromatic ring is 2. The molecule has 1 aromatic heterocycles. The van der Waals surface area contributed by atoms with Crippen molar-refractivity contribution in [2.45, 2.75) is 6.61 Å². The van der Waals surface area contributed by atoms with Crippen molar-refractivity contribution in [3.05, 3.63) is 44.6 Å². The Balaban J connectivity index is 2.03. The number of rotatable bonds is 3. The number of benzene rings is 1. The first-order valence-electron chi connectivity index (χ1n) is 5.11. The summed E-state index contributed by atoms with van der Waals surface area (Å²) < 4.78 is 6.16. The summed E-state index contributed by atoms with van der Waals surface area (Å²) in [7, 11) is 0. The molecule has 0 saturated heterocycles. The molecule has 0 amide bonds. The summed E-state index contributed by atoms with van der Waals surface area (Å²) >= 11 is 4.86. The number of thiophene rings is 1. The van der Waals surface area contributed by atoms with Crippen molar-refractivity contribution in [1.82, 2.24) is 0 Å². The third-order valence-electron chi connectivity index (χ3n) is 2.26. The molecule has 94 valence electrons. The fraction of sp³-hybridized carbons (Fsp3) is 0.0833. The molecule has 1 heterocycles. The molecule has 0 aliphatic heterocycles. The number of halogens is 1. The summed E-state index contributed by atoms with van der Waals surface area (Å²) in [5.74, 6) is -0.447. The first kappa shape index (κ1) is 12.9. The maximum absolute atomic E-state index is 11.8. The summed E-state index contributed by atoms with van der Waals surface area (Å²) in [5.41, 5.74) is 12.4. The van der Waals surface area contributed by atoms with Crippen LogP contribution in [0.5, 0.6) is 0 Å². The fourth-order valence-corrected chi connectivity index (χ4v) is 2.77. The molecule has 0 spiro atoms. The second-order valence-electron chi connectivity index (χ2n) is 3.65. The van der Waals surface area contributed by atoms with E-state index >= 15 is 0 Å². The average molecular weight is 327 g/mol. The van der Waals surface area contributed by atoms with Gasteiger partial charge >= 0.3 is 5.97 Å². The number of hydrogen-bond donors (Lipinski definition) is 2. The van der Waals surface area contributed by atoms with E-state index in [-0.39, 0.29) is 6.61 Å². The van der Waals surface area contributed by atoms with Crippen LogP contribution in [0, 0.1) is 0 Å². The molecule has 6 heteroatoms. The first-order chi connectivity index (χ1) is 8.56. The van der Waals surface area contributed by atoms with Gasteiger partial charge in [0.15, 0.2) is 0 Å². The molecule has 2 aromatic rings. The second-order valence-corrected chi connectivity index (χ2v) is 5.57. The highest BCUT2D eigenvalue weighted by atomic mass is 79.9. The summed E-state index contributed by atoms with van der Waals surface area (Å²) in [6.45, 7) is 0.235. The Morgan fingerprint density at radius 3 is 2.72 bits per heavy atom. The monoisotopic (exact) mass is 326 g/mol. The fourth-order valence-electron chi connectivity index (χ4n) is 1.41. The predicted octanol–water partition coefficient (Wildman–Crippen LogP) is 3.03. The molecule has 4 nitrogen and oxygen atoms in total. The Kier molecular flexibility index (Phi) is 3.88. The van der Waals surface area contributed by atoms with Crippen molar-refractivity contribution >= 4 is 44.6 Å². The average Bonchev–Trinajstić information content (AvgIpc) is 2.72. The van der Waals surface area contributed by atoms with Crippen LogP contribution in [0.4, 0.5) is 11.4 Å². The van der Waals surface area contributed by atoms with Gasteiger partial charge in [-0.1, -0.05) is 0 Å². The maximum atomic E-state index is 11.8. The van der Waals surface area contributed by atoms with Gasteiger partial charge in [-0.05, 0) is 40.2 Å². The Labute approximate surface area is 117 Å². The number of anilines is 2. The lowest BCUT2D eigenvalue weighted by Crippen LogP contribution is -2.08. The lowest BCUT2D eigenvalue weighted by Gasteiger charge is -2.06. The lowest BCUT2D eigenvalue weighted by molar-refractivity contribution is 0.0478. The zero-order chi connectivity index (χ0) is 13.1. The van der Waals surface area contributed by atoms with E-state index in [4.69, 9.17) is 16.2 Å². The summed E-state index contributed by atoms with van der Waals surface area (Å²) in [6.07, 6.45) is 0. The van der Waals surface area contributed by atoms with Gasteiger partial charge in [0.1, 0.15) is 6.61 Å². The third kappa shape index (κ3) is 3.02. The van der Waals surface area contributed by atoms with E-state index < -0.39 is 5.97 Å². The van der Waals surface area contributed by atoms with Gasteiger partial charge in [0.2, 0.25) is 0 Å². The van der Waals surface area contributed by atoms with E-state index in [9.17, 15) is 4.79 Å². The molecule has 0 atom stereocenters. The van der Waals surface area contributed by atoms with E-state index in [0.717, 1.165) is 9.35 Å². The summed E-state index contributed by atoms with van der Waals surface area (Å²) in [5, 5.41) is 1.93. The van der Waals surface area contributed by atoms with E-state index in [0.29, 0.717) is 16.9 Å². The lowest BCUT2D eigenvalue weighted by atomic mass is 10.1. The number of hydrogen-bond acceptors (Lipinski definition) is 5. The molecular formula is C12H11BrN2O2S. The normalized spacial score (nSPS) is 10.3. The van der Waals surface area contributed by atoms with Crippen LogP contribution >= 0.6 is 27.3 Å². The van der Waals surface area contributed by atoms with E-state index in [1.807, 2.05) is 11.4 Å². The molecule has 0 radical (unpaired) electrons. The maximum Gasteiger partial charge on any atom is 0.340 e. The minimum Gasteiger partial charge on any atom is -0.456 e. The first-order valence-corrected chi connectivity index (χ1v) is 6.78. The van der Waals surface area contributed by atoms with Crippen molar-refractivity contribution in [3.8, 4) is 0 Å². The van der Waals surface area contributed by atoms with Gasteiger partial charge in [-0.15, -0.1) is 11.3 Å². The van der Waals surface area contributed by atoms with E-state index in [1.54, 1.807) is 18.2 Å². The van der Waals surface area contributed by atoms with Crippen molar-refractivity contribution < 1.29 is 9.53 Å². The highest BCUT2D eigenvalue weighted by molar-refractivity contribution is 9.10. The minimum absolute atomic E-state index is 0.235. The van der Waals surface area contributed by atoms with Crippen LogP contribution in [-0.2, 0) is 11.3 Å². The van der Waals surface area contributed by atoms with Crippen LogP contribution in [0.1, 0.15) is 15.2 Å². The molecule has 0 bridgehead atoms. The minimum atomic E-state index is -0.447. The van der Waals surface area contributed by atoms with Gasteiger partial charge in [0, 0.05) is 26.1 Å². The molecule has 0 unspecified atom stereocenters. The molecule has 0 saturated carbocycles. The smallest absolute Gasteiger partial charge is 0.340 e. The number of nitrogens with two attached hydrogens (primary N) is 2. The molecule has 0 aliphatic rings. The molecular weight excluding hydrogens is 316 g/mol. The second kappa shape index (κ2) is 5.41. The van der Waals surface area contributed by atoms with Crippen LogP contribution in [0.3, 0.4) is 0 Å². The highest BCUT2D eigenvalue weighted by Crippen LogP contribution is 2.22. The van der Waals surface area contributed by atoms with Gasteiger partial charge in [-0.2, -0.15) is 0 Å². The number of carbonyl (C=O) groups is 1. The zero-order valence-corrected chi connectivity index (χ0v) is 11.8. The van der Waals surface area contributed by atoms with Crippen molar-refractivity contribution in [1.29, 1.82) is 0 Å². The van der Waals surface area contributed by atoms with Gasteiger partial charge in [0.05, 0.1) is 5.56 Å². The van der Waals surface area contributed by atoms with Crippen LogP contribution < -0.4 is 11.5 Å². The topological polar surface area (TPSA) is 78.3 Å². The number of ether oxygens (including phenoxy) is 1. The third-order valence-corrected chi connectivity index (χ3v) is 3.93. The Morgan fingerprint density at radius 1 is 1.33 bits per heavy atom. The van der Waals surface area contributed by atoms with E-state index in [2.05, 4.69) is 15.9 Å². The molecule has 0 aliphatic carbocycles. The molecule has 0 fully saturated rings. The SMILES string of the molecule is Nc1ccc(C(=O)OCc2cc(Br)cs2)c(N)c1. The summed E-state index contributed by atoms with van der Waals surface area (Å²) in [6, 6.07) is 6.63. The van der Waals surface area contributed by atoms with Gasteiger partial charge < -0.3 is 16.2 Å². The Hall–Kier alpha value is -1.53. The van der Waals surface area contributed by atoms with Crippen molar-refractivity contribution in [3.63, 3.8) is 0 Å². The largest absolute Gasteiger partial charge is 0.456 e. The highest BCUT2D eigenvalue weighted by Gasteiger charge is 2.11. The standard InChI is InChI=1S/C12H11BrN2O2S/c13-7-3-9(18-6-7)5-17-12(16)10-2-1-8(14)4-11(10)15/h1-4,6H,5,14-15H2.